The molecule has 1 heterocycles. The van der Waals surface area contributed by atoms with Crippen molar-refractivity contribution in [3.8, 4) is 0 Å². The molecule has 3 rings (SSSR count). The van der Waals surface area contributed by atoms with Gasteiger partial charge >= 0.3 is 0 Å². The van der Waals surface area contributed by atoms with E-state index in [9.17, 15) is 0 Å². The first-order chi connectivity index (χ1) is 10.3. The van der Waals surface area contributed by atoms with Crippen LogP contribution >= 0.6 is 0 Å². The standard InChI is InChI=1S/C19H24N2/c1-15-7-9-16(10-8-15)19(20-2)11-12-21-13-17-5-3-4-6-18(17)14-21/h3-10,19-20H,11-14H2,1-2H3. The van der Waals surface area contributed by atoms with Crippen molar-refractivity contribution in [3.63, 3.8) is 0 Å². The molecule has 0 aliphatic carbocycles. The largest absolute Gasteiger partial charge is 0.313 e. The lowest BCUT2D eigenvalue weighted by Crippen LogP contribution is -2.24. The summed E-state index contributed by atoms with van der Waals surface area (Å²) in [5, 5.41) is 3.46. The summed E-state index contributed by atoms with van der Waals surface area (Å²) in [5.74, 6) is 0. The Morgan fingerprint density at radius 1 is 1.00 bits per heavy atom. The summed E-state index contributed by atoms with van der Waals surface area (Å²) < 4.78 is 0. The van der Waals surface area contributed by atoms with Crippen LogP contribution in [-0.2, 0) is 13.1 Å². The molecule has 0 aromatic heterocycles. The van der Waals surface area contributed by atoms with Crippen molar-refractivity contribution in [3.05, 3.63) is 70.8 Å². The maximum Gasteiger partial charge on any atom is 0.0329 e. The third-order valence-electron chi connectivity index (χ3n) is 4.47. The molecule has 1 N–H and O–H groups in total. The summed E-state index contributed by atoms with van der Waals surface area (Å²) in [6.07, 6.45) is 1.15. The first-order valence-electron chi connectivity index (χ1n) is 7.79. The lowest BCUT2D eigenvalue weighted by atomic mass is 10.0. The van der Waals surface area contributed by atoms with Crippen molar-refractivity contribution in [1.29, 1.82) is 0 Å². The van der Waals surface area contributed by atoms with Gasteiger partial charge in [-0.2, -0.15) is 0 Å². The summed E-state index contributed by atoms with van der Waals surface area (Å²) in [4.78, 5) is 2.54. The van der Waals surface area contributed by atoms with E-state index >= 15 is 0 Å². The maximum absolute atomic E-state index is 3.46. The van der Waals surface area contributed by atoms with Crippen LogP contribution in [0.2, 0.25) is 0 Å². The summed E-state index contributed by atoms with van der Waals surface area (Å²) in [6.45, 7) is 5.47. The van der Waals surface area contributed by atoms with Gasteiger partial charge in [-0.15, -0.1) is 0 Å². The number of hydrogen-bond donors (Lipinski definition) is 1. The molecule has 21 heavy (non-hydrogen) atoms. The molecule has 2 aromatic carbocycles. The second kappa shape index (κ2) is 6.42. The number of nitrogens with zero attached hydrogens (tertiary/aromatic N) is 1. The zero-order valence-corrected chi connectivity index (χ0v) is 13.0. The van der Waals surface area contributed by atoms with E-state index in [0.717, 1.165) is 26.1 Å². The highest BCUT2D eigenvalue weighted by molar-refractivity contribution is 5.30. The highest BCUT2D eigenvalue weighted by Crippen LogP contribution is 2.24. The number of benzene rings is 2. The van der Waals surface area contributed by atoms with Crippen molar-refractivity contribution in [1.82, 2.24) is 10.2 Å². The van der Waals surface area contributed by atoms with Crippen LogP contribution in [0.1, 0.15) is 34.7 Å². The van der Waals surface area contributed by atoms with Crippen LogP contribution < -0.4 is 5.32 Å². The molecule has 0 fully saturated rings. The minimum atomic E-state index is 0.439. The van der Waals surface area contributed by atoms with Crippen molar-refractivity contribution in [2.75, 3.05) is 13.6 Å². The Balaban J connectivity index is 1.58. The van der Waals surface area contributed by atoms with Crippen LogP contribution in [0, 0.1) is 6.92 Å². The molecule has 1 aliphatic rings. The first-order valence-corrected chi connectivity index (χ1v) is 7.79. The molecule has 110 valence electrons. The number of aryl methyl sites for hydroxylation is 1. The van der Waals surface area contributed by atoms with Gasteiger partial charge in [0.25, 0.3) is 0 Å². The topological polar surface area (TPSA) is 15.3 Å². The van der Waals surface area contributed by atoms with Crippen LogP contribution in [0.3, 0.4) is 0 Å². The summed E-state index contributed by atoms with van der Waals surface area (Å²) in [7, 11) is 2.06. The molecule has 2 heteroatoms. The third-order valence-corrected chi connectivity index (χ3v) is 4.47. The summed E-state index contributed by atoms with van der Waals surface area (Å²) in [5.41, 5.74) is 5.70. The Bertz CT molecular complexity index is 564. The Hall–Kier alpha value is -1.64. The first kappa shape index (κ1) is 14.3. The maximum atomic E-state index is 3.46. The van der Waals surface area contributed by atoms with Gasteiger partial charge < -0.3 is 5.32 Å². The van der Waals surface area contributed by atoms with Gasteiger partial charge in [0.2, 0.25) is 0 Å². The average molecular weight is 280 g/mol. The minimum Gasteiger partial charge on any atom is -0.313 e. The van der Waals surface area contributed by atoms with Gasteiger partial charge in [0.15, 0.2) is 0 Å². The predicted molar refractivity (Wildman–Crippen MR) is 88.2 cm³/mol. The van der Waals surface area contributed by atoms with Crippen LogP contribution in [0.15, 0.2) is 48.5 Å². The number of rotatable bonds is 5. The highest BCUT2D eigenvalue weighted by atomic mass is 15.1. The van der Waals surface area contributed by atoms with E-state index in [1.807, 2.05) is 0 Å². The van der Waals surface area contributed by atoms with Gasteiger partial charge in [-0.1, -0.05) is 54.1 Å². The van der Waals surface area contributed by atoms with Gasteiger partial charge in [0.05, 0.1) is 0 Å². The SMILES string of the molecule is CNC(CCN1Cc2ccccc2C1)c1ccc(C)cc1. The molecule has 0 radical (unpaired) electrons. The molecular formula is C19H24N2. The van der Waals surface area contributed by atoms with E-state index in [-0.39, 0.29) is 0 Å². The second-order valence-electron chi connectivity index (χ2n) is 6.02. The minimum absolute atomic E-state index is 0.439. The molecule has 1 aliphatic heterocycles. The third kappa shape index (κ3) is 3.34. The molecule has 0 saturated carbocycles. The predicted octanol–water partition coefficient (Wildman–Crippen LogP) is 3.66. The Morgan fingerprint density at radius 3 is 2.19 bits per heavy atom. The highest BCUT2D eigenvalue weighted by Gasteiger charge is 2.19. The molecular weight excluding hydrogens is 256 g/mol. The van der Waals surface area contributed by atoms with Crippen LogP contribution in [0.5, 0.6) is 0 Å². The van der Waals surface area contributed by atoms with E-state index in [1.54, 1.807) is 0 Å². The lowest BCUT2D eigenvalue weighted by molar-refractivity contribution is 0.266. The number of fused-ring (bicyclic) bond motifs is 1. The van der Waals surface area contributed by atoms with E-state index in [4.69, 9.17) is 0 Å². The van der Waals surface area contributed by atoms with Crippen molar-refractivity contribution in [2.45, 2.75) is 32.5 Å². The zero-order valence-electron chi connectivity index (χ0n) is 13.0. The molecule has 2 aromatic rings. The second-order valence-corrected chi connectivity index (χ2v) is 6.02. The number of nitrogens with one attached hydrogen (secondary N) is 1. The monoisotopic (exact) mass is 280 g/mol. The van der Waals surface area contributed by atoms with Crippen LogP contribution in [-0.4, -0.2) is 18.5 Å². The smallest absolute Gasteiger partial charge is 0.0329 e. The number of hydrogen-bond acceptors (Lipinski definition) is 2. The van der Waals surface area contributed by atoms with Gasteiger partial charge in [-0.25, -0.2) is 0 Å². The molecule has 0 saturated heterocycles. The van der Waals surface area contributed by atoms with Crippen LogP contribution in [0.4, 0.5) is 0 Å². The van der Waals surface area contributed by atoms with Gasteiger partial charge in [0.1, 0.15) is 0 Å². The van der Waals surface area contributed by atoms with E-state index in [2.05, 4.69) is 72.7 Å². The van der Waals surface area contributed by atoms with Gasteiger partial charge in [0, 0.05) is 25.7 Å². The van der Waals surface area contributed by atoms with Crippen molar-refractivity contribution in [2.24, 2.45) is 0 Å². The normalized spacial score (nSPS) is 15.9. The van der Waals surface area contributed by atoms with Crippen molar-refractivity contribution < 1.29 is 0 Å². The Kier molecular flexibility index (Phi) is 4.37. The fraction of sp³-hybridized carbons (Fsp3) is 0.368. The molecule has 0 bridgehead atoms. The molecule has 0 amide bonds. The Labute approximate surface area is 127 Å². The van der Waals surface area contributed by atoms with Crippen molar-refractivity contribution >= 4 is 0 Å². The van der Waals surface area contributed by atoms with E-state index in [0.29, 0.717) is 6.04 Å². The van der Waals surface area contributed by atoms with Crippen LogP contribution in [0.25, 0.3) is 0 Å². The van der Waals surface area contributed by atoms with E-state index in [1.165, 1.54) is 22.3 Å². The quantitative estimate of drug-likeness (QED) is 0.899. The fourth-order valence-electron chi connectivity index (χ4n) is 3.15. The van der Waals surface area contributed by atoms with Gasteiger partial charge in [-0.05, 0) is 37.1 Å². The summed E-state index contributed by atoms with van der Waals surface area (Å²) >= 11 is 0. The molecule has 1 unspecified atom stereocenters. The summed E-state index contributed by atoms with van der Waals surface area (Å²) in [6, 6.07) is 18.1. The molecule has 0 spiro atoms. The average Bonchev–Trinajstić information content (AvgIpc) is 2.92. The van der Waals surface area contributed by atoms with E-state index < -0.39 is 0 Å². The molecule has 1 atom stereocenters. The fourth-order valence-corrected chi connectivity index (χ4v) is 3.15. The molecule has 2 nitrogen and oxygen atoms in total. The zero-order chi connectivity index (χ0) is 14.7. The Morgan fingerprint density at radius 2 is 1.62 bits per heavy atom. The van der Waals surface area contributed by atoms with Gasteiger partial charge in [-0.3, -0.25) is 4.90 Å². The lowest BCUT2D eigenvalue weighted by Gasteiger charge is -2.21.